The minimum atomic E-state index is -0.652. The number of halogens is 1. The van der Waals surface area contributed by atoms with Crippen LogP contribution in [0.1, 0.15) is 17.7 Å². The SMILES string of the molecule is Cc1ccc(N2CCC(C(=O)NCCc3ccccn3)C2=O)c(Cl)c1. The number of nitrogens with zero attached hydrogens (tertiary/aromatic N) is 2. The minimum Gasteiger partial charge on any atom is -0.355 e. The number of nitrogens with one attached hydrogen (secondary N) is 1. The Balaban J connectivity index is 1.58. The van der Waals surface area contributed by atoms with Crippen molar-refractivity contribution in [2.45, 2.75) is 19.8 Å². The van der Waals surface area contributed by atoms with Crippen LogP contribution in [0.2, 0.25) is 5.02 Å². The second kappa shape index (κ2) is 7.66. The largest absolute Gasteiger partial charge is 0.355 e. The van der Waals surface area contributed by atoms with Crippen LogP contribution in [0.15, 0.2) is 42.6 Å². The third kappa shape index (κ3) is 3.99. The summed E-state index contributed by atoms with van der Waals surface area (Å²) in [6.45, 7) is 2.91. The Kier molecular flexibility index (Phi) is 5.34. The van der Waals surface area contributed by atoms with Crippen molar-refractivity contribution in [3.63, 3.8) is 0 Å². The topological polar surface area (TPSA) is 62.3 Å². The smallest absolute Gasteiger partial charge is 0.239 e. The molecule has 0 saturated carbocycles. The molecule has 5 nitrogen and oxygen atoms in total. The second-order valence-electron chi connectivity index (χ2n) is 6.15. The first kappa shape index (κ1) is 17.4. The Labute approximate surface area is 152 Å². The van der Waals surface area contributed by atoms with Crippen molar-refractivity contribution in [3.05, 3.63) is 58.9 Å². The van der Waals surface area contributed by atoms with E-state index in [9.17, 15) is 9.59 Å². The zero-order valence-corrected chi connectivity index (χ0v) is 14.8. The van der Waals surface area contributed by atoms with Gasteiger partial charge in [0.1, 0.15) is 5.92 Å². The normalized spacial score (nSPS) is 17.0. The molecule has 1 fully saturated rings. The number of carbonyl (C=O) groups is 2. The average molecular weight is 358 g/mol. The van der Waals surface area contributed by atoms with Crippen LogP contribution in [-0.2, 0) is 16.0 Å². The predicted molar refractivity (Wildman–Crippen MR) is 97.6 cm³/mol. The van der Waals surface area contributed by atoms with Crippen molar-refractivity contribution in [2.75, 3.05) is 18.0 Å². The Bertz CT molecular complexity index is 779. The van der Waals surface area contributed by atoms with Gasteiger partial charge in [0.05, 0.1) is 10.7 Å². The fourth-order valence-electron chi connectivity index (χ4n) is 2.98. The molecule has 6 heteroatoms. The maximum atomic E-state index is 12.6. The number of hydrogen-bond donors (Lipinski definition) is 1. The summed E-state index contributed by atoms with van der Waals surface area (Å²) in [4.78, 5) is 30.8. The number of aryl methyl sites for hydroxylation is 1. The molecule has 3 rings (SSSR count). The number of pyridine rings is 1. The van der Waals surface area contributed by atoms with Gasteiger partial charge in [-0.1, -0.05) is 23.7 Å². The summed E-state index contributed by atoms with van der Waals surface area (Å²) >= 11 is 6.25. The van der Waals surface area contributed by atoms with Gasteiger partial charge in [0, 0.05) is 31.4 Å². The van der Waals surface area contributed by atoms with Gasteiger partial charge in [0.15, 0.2) is 0 Å². The van der Waals surface area contributed by atoms with Crippen molar-refractivity contribution in [3.8, 4) is 0 Å². The van der Waals surface area contributed by atoms with E-state index in [1.807, 2.05) is 43.3 Å². The van der Waals surface area contributed by atoms with E-state index in [1.165, 1.54) is 0 Å². The van der Waals surface area contributed by atoms with Crippen LogP contribution in [-0.4, -0.2) is 29.9 Å². The first-order valence-electron chi connectivity index (χ1n) is 8.31. The maximum absolute atomic E-state index is 12.6. The zero-order valence-electron chi connectivity index (χ0n) is 14.0. The predicted octanol–water partition coefficient (Wildman–Crippen LogP) is 2.76. The van der Waals surface area contributed by atoms with Gasteiger partial charge < -0.3 is 10.2 Å². The first-order valence-corrected chi connectivity index (χ1v) is 8.69. The van der Waals surface area contributed by atoms with E-state index in [0.717, 1.165) is 11.3 Å². The van der Waals surface area contributed by atoms with Gasteiger partial charge in [0.25, 0.3) is 0 Å². The highest BCUT2D eigenvalue weighted by Gasteiger charge is 2.38. The fourth-order valence-corrected chi connectivity index (χ4v) is 3.31. The van der Waals surface area contributed by atoms with Crippen molar-refractivity contribution in [1.29, 1.82) is 0 Å². The molecule has 0 aliphatic carbocycles. The summed E-state index contributed by atoms with van der Waals surface area (Å²) < 4.78 is 0. The summed E-state index contributed by atoms with van der Waals surface area (Å²) in [6, 6.07) is 11.2. The summed E-state index contributed by atoms with van der Waals surface area (Å²) in [5.41, 5.74) is 2.61. The molecule has 1 aromatic carbocycles. The molecule has 0 radical (unpaired) electrons. The Hall–Kier alpha value is -2.40. The van der Waals surface area contributed by atoms with E-state index < -0.39 is 5.92 Å². The van der Waals surface area contributed by atoms with E-state index >= 15 is 0 Å². The first-order chi connectivity index (χ1) is 12.1. The van der Waals surface area contributed by atoms with Gasteiger partial charge in [-0.2, -0.15) is 0 Å². The van der Waals surface area contributed by atoms with E-state index in [-0.39, 0.29) is 11.8 Å². The van der Waals surface area contributed by atoms with Crippen LogP contribution < -0.4 is 10.2 Å². The standard InChI is InChI=1S/C19H20ClN3O2/c1-13-5-6-17(16(20)12-13)23-11-8-15(19(23)25)18(24)22-10-7-14-4-2-3-9-21-14/h2-6,9,12,15H,7-8,10-11H2,1H3,(H,22,24). The molecule has 2 aromatic rings. The highest BCUT2D eigenvalue weighted by molar-refractivity contribution is 6.34. The van der Waals surface area contributed by atoms with Crippen LogP contribution in [0.5, 0.6) is 0 Å². The number of rotatable bonds is 5. The number of anilines is 1. The highest BCUT2D eigenvalue weighted by Crippen LogP contribution is 2.32. The highest BCUT2D eigenvalue weighted by atomic mass is 35.5. The third-order valence-electron chi connectivity index (χ3n) is 4.32. The van der Waals surface area contributed by atoms with Crippen molar-refractivity contribution >= 4 is 29.1 Å². The number of carbonyl (C=O) groups excluding carboxylic acids is 2. The fraction of sp³-hybridized carbons (Fsp3) is 0.316. The maximum Gasteiger partial charge on any atom is 0.239 e. The summed E-state index contributed by atoms with van der Waals surface area (Å²) in [5, 5.41) is 3.37. The van der Waals surface area contributed by atoms with E-state index in [1.54, 1.807) is 11.1 Å². The Morgan fingerprint density at radius 3 is 2.92 bits per heavy atom. The quantitative estimate of drug-likeness (QED) is 0.837. The molecule has 2 heterocycles. The molecule has 1 aliphatic rings. The number of aromatic nitrogens is 1. The van der Waals surface area contributed by atoms with Crippen molar-refractivity contribution < 1.29 is 9.59 Å². The van der Waals surface area contributed by atoms with Crippen LogP contribution in [0.3, 0.4) is 0 Å². The number of hydrogen-bond acceptors (Lipinski definition) is 3. The molecule has 1 aromatic heterocycles. The van der Waals surface area contributed by atoms with Crippen molar-refractivity contribution in [1.82, 2.24) is 10.3 Å². The van der Waals surface area contributed by atoms with Crippen LogP contribution in [0.25, 0.3) is 0 Å². The zero-order chi connectivity index (χ0) is 17.8. The average Bonchev–Trinajstić information content (AvgIpc) is 2.97. The van der Waals surface area contributed by atoms with Crippen LogP contribution >= 0.6 is 11.6 Å². The number of amides is 2. The molecule has 1 N–H and O–H groups in total. The molecular weight excluding hydrogens is 338 g/mol. The van der Waals surface area contributed by atoms with E-state index in [4.69, 9.17) is 11.6 Å². The third-order valence-corrected chi connectivity index (χ3v) is 4.63. The van der Waals surface area contributed by atoms with Gasteiger partial charge >= 0.3 is 0 Å². The van der Waals surface area contributed by atoms with Crippen LogP contribution in [0.4, 0.5) is 5.69 Å². The van der Waals surface area contributed by atoms with Crippen molar-refractivity contribution in [2.24, 2.45) is 5.92 Å². The van der Waals surface area contributed by atoms with E-state index in [0.29, 0.717) is 36.6 Å². The minimum absolute atomic E-state index is 0.193. The lowest BCUT2D eigenvalue weighted by atomic mass is 10.1. The van der Waals surface area contributed by atoms with Gasteiger partial charge in [-0.25, -0.2) is 0 Å². The molecule has 130 valence electrons. The van der Waals surface area contributed by atoms with Gasteiger partial charge in [-0.05, 0) is 43.2 Å². The summed E-state index contributed by atoms with van der Waals surface area (Å²) in [7, 11) is 0. The lowest BCUT2D eigenvalue weighted by molar-refractivity contribution is -0.132. The van der Waals surface area contributed by atoms with Crippen LogP contribution in [0, 0.1) is 12.8 Å². The monoisotopic (exact) mass is 357 g/mol. The van der Waals surface area contributed by atoms with Gasteiger partial charge in [-0.3, -0.25) is 14.6 Å². The Morgan fingerprint density at radius 1 is 1.36 bits per heavy atom. The molecule has 0 bridgehead atoms. The Morgan fingerprint density at radius 2 is 2.20 bits per heavy atom. The number of benzene rings is 1. The molecule has 1 atom stereocenters. The van der Waals surface area contributed by atoms with Gasteiger partial charge in [0.2, 0.25) is 11.8 Å². The molecule has 0 spiro atoms. The molecule has 25 heavy (non-hydrogen) atoms. The van der Waals surface area contributed by atoms with E-state index in [2.05, 4.69) is 10.3 Å². The molecular formula is C19H20ClN3O2. The molecule has 2 amide bonds. The lowest BCUT2D eigenvalue weighted by Gasteiger charge is -2.18. The van der Waals surface area contributed by atoms with Gasteiger partial charge in [-0.15, -0.1) is 0 Å². The summed E-state index contributed by atoms with van der Waals surface area (Å²) in [6.07, 6.45) is 2.86. The molecule has 1 saturated heterocycles. The molecule has 1 aliphatic heterocycles. The molecule has 1 unspecified atom stereocenters. The lowest BCUT2D eigenvalue weighted by Crippen LogP contribution is -2.37. The summed E-state index contributed by atoms with van der Waals surface area (Å²) in [5.74, 6) is -1.08. The second-order valence-corrected chi connectivity index (χ2v) is 6.56.